The summed E-state index contributed by atoms with van der Waals surface area (Å²) in [5.74, 6) is 0.572. The minimum Gasteiger partial charge on any atom is -0.399 e. The first-order valence-electron chi connectivity index (χ1n) is 5.72. The van der Waals surface area contributed by atoms with Gasteiger partial charge in [-0.3, -0.25) is 4.21 Å². The molecule has 94 valence electrons. The minimum atomic E-state index is -1.03. The van der Waals surface area contributed by atoms with Crippen LogP contribution in [0.3, 0.4) is 0 Å². The predicted octanol–water partition coefficient (Wildman–Crippen LogP) is 2.71. The summed E-state index contributed by atoms with van der Waals surface area (Å²) in [6, 6.07) is 5.38. The predicted molar refractivity (Wildman–Crippen MR) is 73.4 cm³/mol. The average molecular weight is 318 g/mol. The van der Waals surface area contributed by atoms with E-state index in [1.54, 1.807) is 12.1 Å². The Balaban J connectivity index is 2.03. The van der Waals surface area contributed by atoms with Crippen LogP contribution < -0.4 is 5.73 Å². The third-order valence-electron chi connectivity index (χ3n) is 2.81. The van der Waals surface area contributed by atoms with Gasteiger partial charge in [0.05, 0.1) is 27.6 Å². The second-order valence-electron chi connectivity index (χ2n) is 4.19. The molecule has 1 aliphatic rings. The maximum atomic E-state index is 12.2. The summed E-state index contributed by atoms with van der Waals surface area (Å²) >= 11 is 3.40. The quantitative estimate of drug-likeness (QED) is 0.872. The zero-order chi connectivity index (χ0) is 12.3. The molecule has 5 heteroatoms. The van der Waals surface area contributed by atoms with E-state index in [-0.39, 0.29) is 6.10 Å². The number of ether oxygens (including phenoxy) is 1. The van der Waals surface area contributed by atoms with Gasteiger partial charge in [-0.1, -0.05) is 0 Å². The highest BCUT2D eigenvalue weighted by atomic mass is 79.9. The van der Waals surface area contributed by atoms with Crippen LogP contribution in [0.15, 0.2) is 27.6 Å². The summed E-state index contributed by atoms with van der Waals surface area (Å²) in [6.07, 6.45) is 3.44. The van der Waals surface area contributed by atoms with Crippen molar-refractivity contribution >= 4 is 32.4 Å². The van der Waals surface area contributed by atoms with Crippen LogP contribution in [0.25, 0.3) is 0 Å². The first-order chi connectivity index (χ1) is 8.16. The van der Waals surface area contributed by atoms with E-state index in [1.807, 2.05) is 6.07 Å². The van der Waals surface area contributed by atoms with Gasteiger partial charge in [0, 0.05) is 16.8 Å². The highest BCUT2D eigenvalue weighted by molar-refractivity contribution is 9.10. The first kappa shape index (κ1) is 13.1. The van der Waals surface area contributed by atoms with Gasteiger partial charge < -0.3 is 10.5 Å². The number of anilines is 1. The highest BCUT2D eigenvalue weighted by Crippen LogP contribution is 2.24. The van der Waals surface area contributed by atoms with Crippen molar-refractivity contribution in [2.45, 2.75) is 30.3 Å². The van der Waals surface area contributed by atoms with Crippen LogP contribution in [-0.4, -0.2) is 22.7 Å². The average Bonchev–Trinajstić information content (AvgIpc) is 2.30. The van der Waals surface area contributed by atoms with Crippen LogP contribution >= 0.6 is 15.9 Å². The third kappa shape index (κ3) is 3.53. The molecule has 3 nitrogen and oxygen atoms in total. The van der Waals surface area contributed by atoms with E-state index in [9.17, 15) is 4.21 Å². The molecule has 0 aliphatic carbocycles. The van der Waals surface area contributed by atoms with Crippen molar-refractivity contribution in [3.63, 3.8) is 0 Å². The van der Waals surface area contributed by atoms with E-state index in [2.05, 4.69) is 15.9 Å². The molecule has 2 atom stereocenters. The fraction of sp³-hybridized carbons (Fsp3) is 0.500. The summed E-state index contributed by atoms with van der Waals surface area (Å²) in [4.78, 5) is 0.799. The number of halogens is 1. The molecule has 17 heavy (non-hydrogen) atoms. The molecule has 2 unspecified atom stereocenters. The molecule has 0 bridgehead atoms. The molecule has 1 fully saturated rings. The molecule has 0 spiro atoms. The van der Waals surface area contributed by atoms with Gasteiger partial charge in [-0.05, 0) is 53.4 Å². The Labute approximate surface area is 112 Å². The number of hydrogen-bond donors (Lipinski definition) is 1. The van der Waals surface area contributed by atoms with Crippen LogP contribution in [0.5, 0.6) is 0 Å². The summed E-state index contributed by atoms with van der Waals surface area (Å²) in [5, 5.41) is 0. The van der Waals surface area contributed by atoms with Crippen molar-refractivity contribution in [2.24, 2.45) is 0 Å². The third-order valence-corrected chi connectivity index (χ3v) is 5.25. The van der Waals surface area contributed by atoms with Crippen LogP contribution in [0.2, 0.25) is 0 Å². The van der Waals surface area contributed by atoms with Gasteiger partial charge in [0.1, 0.15) is 0 Å². The maximum absolute atomic E-state index is 12.2. The Kier molecular flexibility index (Phi) is 4.59. The molecule has 0 aromatic heterocycles. The van der Waals surface area contributed by atoms with E-state index in [0.717, 1.165) is 28.8 Å². The highest BCUT2D eigenvalue weighted by Gasteiger charge is 2.18. The molecule has 1 saturated heterocycles. The van der Waals surface area contributed by atoms with E-state index in [4.69, 9.17) is 10.5 Å². The second-order valence-corrected chi connectivity index (χ2v) is 6.51. The molecule has 1 aromatic rings. The van der Waals surface area contributed by atoms with Gasteiger partial charge in [0.25, 0.3) is 0 Å². The molecule has 1 aliphatic heterocycles. The lowest BCUT2D eigenvalue weighted by Crippen LogP contribution is -2.25. The second kappa shape index (κ2) is 5.98. The maximum Gasteiger partial charge on any atom is 0.0693 e. The van der Waals surface area contributed by atoms with Crippen LogP contribution in [0, 0.1) is 0 Å². The van der Waals surface area contributed by atoms with Crippen LogP contribution in [-0.2, 0) is 15.5 Å². The van der Waals surface area contributed by atoms with E-state index >= 15 is 0 Å². The Morgan fingerprint density at radius 3 is 2.94 bits per heavy atom. The summed E-state index contributed by atoms with van der Waals surface area (Å²) in [7, 11) is -1.03. The number of hydrogen-bond acceptors (Lipinski definition) is 3. The summed E-state index contributed by atoms with van der Waals surface area (Å²) < 4.78 is 18.6. The first-order valence-corrected chi connectivity index (χ1v) is 7.83. The number of benzene rings is 1. The molecule has 0 radical (unpaired) electrons. The van der Waals surface area contributed by atoms with Gasteiger partial charge in [0.2, 0.25) is 0 Å². The Hall–Kier alpha value is -0.390. The van der Waals surface area contributed by atoms with Crippen molar-refractivity contribution in [1.82, 2.24) is 0 Å². The molecule has 0 amide bonds. The lowest BCUT2D eigenvalue weighted by Gasteiger charge is -2.22. The largest absolute Gasteiger partial charge is 0.399 e. The van der Waals surface area contributed by atoms with Crippen LogP contribution in [0.4, 0.5) is 5.69 Å². The normalized spacial score (nSPS) is 22.3. The van der Waals surface area contributed by atoms with Crippen molar-refractivity contribution in [2.75, 3.05) is 18.1 Å². The van der Waals surface area contributed by atoms with Crippen molar-refractivity contribution in [1.29, 1.82) is 0 Å². The van der Waals surface area contributed by atoms with Crippen molar-refractivity contribution < 1.29 is 8.95 Å². The van der Waals surface area contributed by atoms with E-state index in [1.165, 1.54) is 6.42 Å². The van der Waals surface area contributed by atoms with Gasteiger partial charge in [-0.2, -0.15) is 0 Å². The van der Waals surface area contributed by atoms with Gasteiger partial charge in [-0.25, -0.2) is 0 Å². The molecular weight excluding hydrogens is 302 g/mol. The molecule has 2 N–H and O–H groups in total. The molecular formula is C12H16BrNO2S. The lowest BCUT2D eigenvalue weighted by atomic mass is 10.1. The van der Waals surface area contributed by atoms with Crippen molar-refractivity contribution in [3.8, 4) is 0 Å². The monoisotopic (exact) mass is 317 g/mol. The smallest absolute Gasteiger partial charge is 0.0693 e. The van der Waals surface area contributed by atoms with Gasteiger partial charge >= 0.3 is 0 Å². The van der Waals surface area contributed by atoms with Crippen molar-refractivity contribution in [3.05, 3.63) is 22.7 Å². The Bertz CT molecular complexity index is 419. The standard InChI is InChI=1S/C12H16BrNO2S/c13-11-7-9(14)4-5-12(11)17(15)8-10-3-1-2-6-16-10/h4-5,7,10H,1-3,6,8,14H2. The molecule has 0 saturated carbocycles. The topological polar surface area (TPSA) is 52.3 Å². The molecule has 1 heterocycles. The molecule has 1 aromatic carbocycles. The zero-order valence-electron chi connectivity index (χ0n) is 9.52. The van der Waals surface area contributed by atoms with E-state index < -0.39 is 10.8 Å². The summed E-state index contributed by atoms with van der Waals surface area (Å²) in [6.45, 7) is 0.796. The van der Waals surface area contributed by atoms with Crippen LogP contribution in [0.1, 0.15) is 19.3 Å². The summed E-state index contributed by atoms with van der Waals surface area (Å²) in [5.41, 5.74) is 6.33. The Morgan fingerprint density at radius 1 is 1.47 bits per heavy atom. The lowest BCUT2D eigenvalue weighted by molar-refractivity contribution is 0.0310. The van der Waals surface area contributed by atoms with Gasteiger partial charge in [-0.15, -0.1) is 0 Å². The number of nitrogens with two attached hydrogens (primary N) is 1. The fourth-order valence-electron chi connectivity index (χ4n) is 1.90. The number of rotatable bonds is 3. The zero-order valence-corrected chi connectivity index (χ0v) is 11.9. The van der Waals surface area contributed by atoms with E-state index in [0.29, 0.717) is 11.4 Å². The SMILES string of the molecule is Nc1ccc(S(=O)CC2CCCCO2)c(Br)c1. The Morgan fingerprint density at radius 2 is 2.29 bits per heavy atom. The number of nitrogen functional groups attached to an aromatic ring is 1. The fourth-order valence-corrected chi connectivity index (χ4v) is 4.11. The van der Waals surface area contributed by atoms with Gasteiger partial charge in [0.15, 0.2) is 0 Å². The molecule has 2 rings (SSSR count). The minimum absolute atomic E-state index is 0.133.